The Labute approximate surface area is 209 Å². The van der Waals surface area contributed by atoms with E-state index in [1.54, 1.807) is 18.2 Å². The van der Waals surface area contributed by atoms with E-state index < -0.39 is 0 Å². The Morgan fingerprint density at radius 1 is 1.00 bits per heavy atom. The van der Waals surface area contributed by atoms with Gasteiger partial charge in [-0.2, -0.15) is 0 Å². The fourth-order valence-corrected chi connectivity index (χ4v) is 4.47. The third kappa shape index (κ3) is 6.61. The molecule has 0 saturated carbocycles. The highest BCUT2D eigenvalue weighted by Gasteiger charge is 2.24. The molecule has 1 aliphatic heterocycles. The van der Waals surface area contributed by atoms with Crippen molar-refractivity contribution in [1.29, 1.82) is 0 Å². The Morgan fingerprint density at radius 3 is 2.51 bits per heavy atom. The average molecular weight is 486 g/mol. The van der Waals surface area contributed by atoms with Crippen LogP contribution in [0.15, 0.2) is 70.6 Å². The lowest BCUT2D eigenvalue weighted by molar-refractivity contribution is -0.118. The van der Waals surface area contributed by atoms with E-state index in [-0.39, 0.29) is 18.4 Å². The lowest BCUT2D eigenvalue weighted by atomic mass is 10.1. The average Bonchev–Trinajstić information content (AvgIpc) is 3.12. The molecule has 1 heterocycles. The SMILES string of the molecule is Cc1cc(C)cc(N=C2NC(=O)/C(=C/c3cccc(OCC(=O)Nc4ccc(C)c(C)c4)c3)S2)c1. The van der Waals surface area contributed by atoms with Gasteiger partial charge in [0.25, 0.3) is 11.8 Å². The predicted octanol–water partition coefficient (Wildman–Crippen LogP) is 5.83. The van der Waals surface area contributed by atoms with Gasteiger partial charge in [-0.3, -0.25) is 9.59 Å². The van der Waals surface area contributed by atoms with E-state index in [4.69, 9.17) is 4.74 Å². The van der Waals surface area contributed by atoms with Gasteiger partial charge in [0, 0.05) is 5.69 Å². The summed E-state index contributed by atoms with van der Waals surface area (Å²) < 4.78 is 5.68. The highest BCUT2D eigenvalue weighted by molar-refractivity contribution is 8.18. The minimum atomic E-state index is -0.241. The lowest BCUT2D eigenvalue weighted by Crippen LogP contribution is -2.20. The minimum Gasteiger partial charge on any atom is -0.484 e. The molecule has 3 aromatic rings. The molecule has 0 aliphatic carbocycles. The van der Waals surface area contributed by atoms with Crippen molar-refractivity contribution in [2.75, 3.05) is 11.9 Å². The van der Waals surface area contributed by atoms with Gasteiger partial charge in [0.15, 0.2) is 11.8 Å². The smallest absolute Gasteiger partial charge is 0.264 e. The van der Waals surface area contributed by atoms with E-state index >= 15 is 0 Å². The zero-order valence-corrected chi connectivity index (χ0v) is 21.0. The van der Waals surface area contributed by atoms with E-state index in [1.165, 1.54) is 17.3 Å². The first-order valence-electron chi connectivity index (χ1n) is 11.2. The molecule has 0 aromatic heterocycles. The number of ether oxygens (including phenoxy) is 1. The lowest BCUT2D eigenvalue weighted by Gasteiger charge is -2.09. The Hall–Kier alpha value is -3.84. The molecule has 1 fully saturated rings. The molecule has 2 N–H and O–H groups in total. The number of hydrogen-bond acceptors (Lipinski definition) is 5. The van der Waals surface area contributed by atoms with Crippen molar-refractivity contribution < 1.29 is 14.3 Å². The predicted molar refractivity (Wildman–Crippen MR) is 143 cm³/mol. The molecule has 0 radical (unpaired) electrons. The van der Waals surface area contributed by atoms with Crippen LogP contribution in [0.1, 0.15) is 27.8 Å². The van der Waals surface area contributed by atoms with Crippen LogP contribution < -0.4 is 15.4 Å². The molecule has 2 amide bonds. The van der Waals surface area contributed by atoms with Crippen molar-refractivity contribution in [3.8, 4) is 5.75 Å². The van der Waals surface area contributed by atoms with Gasteiger partial charge in [-0.25, -0.2) is 4.99 Å². The monoisotopic (exact) mass is 485 g/mol. The van der Waals surface area contributed by atoms with E-state index in [1.807, 2.05) is 70.2 Å². The summed E-state index contributed by atoms with van der Waals surface area (Å²) in [6.07, 6.45) is 1.78. The van der Waals surface area contributed by atoms with Crippen LogP contribution in [0.4, 0.5) is 11.4 Å². The molecule has 0 bridgehead atoms. The van der Waals surface area contributed by atoms with Gasteiger partial charge in [-0.15, -0.1) is 0 Å². The van der Waals surface area contributed by atoms with Crippen LogP contribution in [-0.4, -0.2) is 23.6 Å². The van der Waals surface area contributed by atoms with Crippen LogP contribution in [0.2, 0.25) is 0 Å². The van der Waals surface area contributed by atoms with Crippen LogP contribution in [0, 0.1) is 27.7 Å². The first-order chi connectivity index (χ1) is 16.7. The number of aryl methyl sites for hydroxylation is 4. The number of nitrogens with one attached hydrogen (secondary N) is 2. The van der Waals surface area contributed by atoms with Gasteiger partial charge in [0.2, 0.25) is 0 Å². The number of carbonyl (C=O) groups is 2. The van der Waals surface area contributed by atoms with Crippen LogP contribution in [0.5, 0.6) is 5.75 Å². The first-order valence-corrected chi connectivity index (χ1v) is 12.0. The van der Waals surface area contributed by atoms with Gasteiger partial charge < -0.3 is 15.4 Å². The summed E-state index contributed by atoms with van der Waals surface area (Å²) in [6.45, 7) is 7.95. The zero-order chi connectivity index (χ0) is 24.9. The number of nitrogens with zero attached hydrogens (tertiary/aromatic N) is 1. The van der Waals surface area contributed by atoms with Crippen molar-refractivity contribution in [3.05, 3.63) is 93.4 Å². The molecule has 0 spiro atoms. The number of carbonyl (C=O) groups excluding carboxylic acids is 2. The summed E-state index contributed by atoms with van der Waals surface area (Å²) in [5.74, 6) is 0.106. The molecule has 178 valence electrons. The fourth-order valence-electron chi connectivity index (χ4n) is 3.62. The first kappa shape index (κ1) is 24.3. The summed E-state index contributed by atoms with van der Waals surface area (Å²) in [7, 11) is 0. The van der Waals surface area contributed by atoms with Crippen LogP contribution in [0.25, 0.3) is 6.08 Å². The van der Waals surface area contributed by atoms with Crippen molar-refractivity contribution in [2.45, 2.75) is 27.7 Å². The number of amidine groups is 1. The van der Waals surface area contributed by atoms with Gasteiger partial charge in [-0.1, -0.05) is 24.3 Å². The van der Waals surface area contributed by atoms with Crippen LogP contribution in [0.3, 0.4) is 0 Å². The number of benzene rings is 3. The van der Waals surface area contributed by atoms with Crippen molar-refractivity contribution >= 4 is 46.2 Å². The minimum absolute atomic E-state index is 0.116. The van der Waals surface area contributed by atoms with Gasteiger partial charge in [0.1, 0.15) is 5.75 Å². The van der Waals surface area contributed by atoms with Gasteiger partial charge in [0.05, 0.1) is 10.6 Å². The molecule has 0 unspecified atom stereocenters. The maximum atomic E-state index is 12.5. The molecule has 6 nitrogen and oxygen atoms in total. The molecule has 1 aliphatic rings. The van der Waals surface area contributed by atoms with E-state index in [9.17, 15) is 9.59 Å². The van der Waals surface area contributed by atoms with E-state index in [0.29, 0.717) is 15.8 Å². The Morgan fingerprint density at radius 2 is 1.77 bits per heavy atom. The molecular formula is C28H27N3O3S. The molecule has 4 rings (SSSR count). The largest absolute Gasteiger partial charge is 0.484 e. The molecule has 7 heteroatoms. The highest BCUT2D eigenvalue weighted by atomic mass is 32.2. The molecule has 35 heavy (non-hydrogen) atoms. The molecular weight excluding hydrogens is 458 g/mol. The van der Waals surface area contributed by atoms with Gasteiger partial charge in [-0.05, 0) is 110 Å². The molecule has 1 saturated heterocycles. The van der Waals surface area contributed by atoms with Crippen molar-refractivity contribution in [3.63, 3.8) is 0 Å². The van der Waals surface area contributed by atoms with Gasteiger partial charge >= 0.3 is 0 Å². The third-order valence-electron chi connectivity index (χ3n) is 5.40. The fraction of sp³-hybridized carbons (Fsp3) is 0.179. The Kier molecular flexibility index (Phi) is 7.36. The van der Waals surface area contributed by atoms with Crippen molar-refractivity contribution in [1.82, 2.24) is 5.32 Å². The summed E-state index contributed by atoms with van der Waals surface area (Å²) in [6, 6.07) is 19.1. The Balaban J connectivity index is 1.39. The summed E-state index contributed by atoms with van der Waals surface area (Å²) in [5, 5.41) is 6.21. The second-order valence-corrected chi connectivity index (χ2v) is 9.57. The Bertz CT molecular complexity index is 1340. The maximum Gasteiger partial charge on any atom is 0.264 e. The second kappa shape index (κ2) is 10.6. The third-order valence-corrected chi connectivity index (χ3v) is 6.31. The second-order valence-electron chi connectivity index (χ2n) is 8.54. The zero-order valence-electron chi connectivity index (χ0n) is 20.1. The number of thioether (sulfide) groups is 1. The summed E-state index contributed by atoms with van der Waals surface area (Å²) >= 11 is 1.29. The standard InChI is InChI=1S/C28H27N3O3S/c1-17-10-18(2)12-23(11-17)30-28-31-27(33)25(35-28)15-21-6-5-7-24(14-21)34-16-26(32)29-22-9-8-19(3)20(4)13-22/h5-15H,16H2,1-4H3,(H,29,32)(H,30,31,33)/b25-15-. The van der Waals surface area contributed by atoms with Crippen molar-refractivity contribution in [2.24, 2.45) is 4.99 Å². The van der Waals surface area contributed by atoms with Crippen LogP contribution >= 0.6 is 11.8 Å². The van der Waals surface area contributed by atoms with E-state index in [2.05, 4.69) is 21.7 Å². The number of anilines is 1. The highest BCUT2D eigenvalue weighted by Crippen LogP contribution is 2.29. The normalized spacial score (nSPS) is 15.4. The molecule has 3 aromatic carbocycles. The van der Waals surface area contributed by atoms with E-state index in [0.717, 1.165) is 33.6 Å². The maximum absolute atomic E-state index is 12.5. The summed E-state index contributed by atoms with van der Waals surface area (Å²) in [5.41, 5.74) is 6.86. The molecule has 0 atom stereocenters. The number of aliphatic imine (C=N–C) groups is 1. The quantitative estimate of drug-likeness (QED) is 0.431. The number of amides is 2. The topological polar surface area (TPSA) is 79.8 Å². The number of hydrogen-bond donors (Lipinski definition) is 2. The number of rotatable bonds is 6. The summed E-state index contributed by atoms with van der Waals surface area (Å²) in [4.78, 5) is 29.9. The van der Waals surface area contributed by atoms with Crippen LogP contribution in [-0.2, 0) is 9.59 Å².